The average Bonchev–Trinajstić information content (AvgIpc) is 2.31. The maximum absolute atomic E-state index is 11.4. The van der Waals surface area contributed by atoms with Crippen LogP contribution in [-0.2, 0) is 9.53 Å². The topological polar surface area (TPSA) is 35.5 Å². The van der Waals surface area contributed by atoms with Crippen LogP contribution in [-0.4, -0.2) is 24.6 Å². The molecule has 0 N–H and O–H groups in total. The molecule has 1 aliphatic rings. The third kappa shape index (κ3) is 2.86. The summed E-state index contributed by atoms with van der Waals surface area (Å²) in [5, 5.41) is 0. The van der Waals surface area contributed by atoms with Crippen LogP contribution in [0.15, 0.2) is 24.3 Å². The van der Waals surface area contributed by atoms with Crippen molar-refractivity contribution in [2.45, 2.75) is 38.9 Å². The first-order chi connectivity index (χ1) is 8.20. The van der Waals surface area contributed by atoms with E-state index in [0.29, 0.717) is 13.0 Å². The van der Waals surface area contributed by atoms with Gasteiger partial charge in [0.05, 0.1) is 0 Å². The summed E-state index contributed by atoms with van der Waals surface area (Å²) in [4.78, 5) is 11.4. The number of carbonyl (C=O) groups excluding carboxylic acids is 1. The van der Waals surface area contributed by atoms with Gasteiger partial charge >= 0.3 is 0 Å². The van der Waals surface area contributed by atoms with Gasteiger partial charge in [0.25, 0.3) is 0 Å². The lowest BCUT2D eigenvalue weighted by molar-refractivity contribution is -0.154. The van der Waals surface area contributed by atoms with Crippen molar-refractivity contribution in [3.63, 3.8) is 0 Å². The van der Waals surface area contributed by atoms with E-state index in [1.807, 2.05) is 38.1 Å². The van der Waals surface area contributed by atoms with E-state index in [1.54, 1.807) is 0 Å². The second-order valence-electron chi connectivity index (χ2n) is 4.43. The van der Waals surface area contributed by atoms with Crippen LogP contribution in [0.3, 0.4) is 0 Å². The molecule has 0 bridgehead atoms. The van der Waals surface area contributed by atoms with Gasteiger partial charge in [0.1, 0.15) is 11.9 Å². The van der Waals surface area contributed by atoms with E-state index in [2.05, 4.69) is 0 Å². The summed E-state index contributed by atoms with van der Waals surface area (Å²) in [6.45, 7) is 4.67. The minimum absolute atomic E-state index is 0.114. The van der Waals surface area contributed by atoms with Crippen molar-refractivity contribution >= 4 is 5.78 Å². The number of aryl methyl sites for hydroxylation is 1. The van der Waals surface area contributed by atoms with Crippen LogP contribution in [0.25, 0.3) is 0 Å². The highest BCUT2D eigenvalue weighted by molar-refractivity contribution is 5.90. The second kappa shape index (κ2) is 5.32. The smallest absolute Gasteiger partial charge is 0.169 e. The first kappa shape index (κ1) is 12.1. The van der Waals surface area contributed by atoms with Crippen molar-refractivity contribution in [1.82, 2.24) is 0 Å². The third-order valence-electron chi connectivity index (χ3n) is 2.87. The average molecular weight is 234 g/mol. The van der Waals surface area contributed by atoms with Gasteiger partial charge in [-0.25, -0.2) is 0 Å². The van der Waals surface area contributed by atoms with Gasteiger partial charge < -0.3 is 9.47 Å². The lowest BCUT2D eigenvalue weighted by Crippen LogP contribution is -2.52. The summed E-state index contributed by atoms with van der Waals surface area (Å²) in [7, 11) is 0. The van der Waals surface area contributed by atoms with E-state index in [-0.39, 0.29) is 18.0 Å². The van der Waals surface area contributed by atoms with Gasteiger partial charge in [-0.2, -0.15) is 0 Å². The van der Waals surface area contributed by atoms with Crippen molar-refractivity contribution < 1.29 is 14.3 Å². The molecule has 17 heavy (non-hydrogen) atoms. The van der Waals surface area contributed by atoms with Gasteiger partial charge in [0.2, 0.25) is 0 Å². The molecule has 0 aromatic heterocycles. The predicted octanol–water partition coefficient (Wildman–Crippen LogP) is 2.51. The Balaban J connectivity index is 1.90. The normalized spacial score (nSPS) is 23.3. The largest absolute Gasteiger partial charge is 0.487 e. The molecule has 0 saturated heterocycles. The molecule has 0 aliphatic heterocycles. The summed E-state index contributed by atoms with van der Waals surface area (Å²) in [6, 6.07) is 7.85. The lowest BCUT2D eigenvalue weighted by atomic mass is 9.90. The second-order valence-corrected chi connectivity index (χ2v) is 4.43. The molecule has 0 amide bonds. The number of hydrogen-bond acceptors (Lipinski definition) is 3. The summed E-state index contributed by atoms with van der Waals surface area (Å²) >= 11 is 0. The number of rotatable bonds is 5. The van der Waals surface area contributed by atoms with E-state index in [1.165, 1.54) is 5.56 Å². The Hall–Kier alpha value is -1.35. The maximum atomic E-state index is 11.4. The summed E-state index contributed by atoms with van der Waals surface area (Å²) in [6.07, 6.45) is 0.900. The quantitative estimate of drug-likeness (QED) is 0.785. The maximum Gasteiger partial charge on any atom is 0.169 e. The fraction of sp³-hybridized carbons (Fsp3) is 0.500. The fourth-order valence-corrected chi connectivity index (χ4v) is 1.81. The molecule has 2 rings (SSSR count). The van der Waals surface area contributed by atoms with E-state index >= 15 is 0 Å². The van der Waals surface area contributed by atoms with Gasteiger partial charge in [-0.1, -0.05) is 24.6 Å². The van der Waals surface area contributed by atoms with Crippen LogP contribution in [0.5, 0.6) is 5.75 Å². The van der Waals surface area contributed by atoms with Gasteiger partial charge in [-0.05, 0) is 25.5 Å². The molecule has 3 heteroatoms. The Morgan fingerprint density at radius 2 is 2.00 bits per heavy atom. The highest BCUT2D eigenvalue weighted by Gasteiger charge is 2.42. The zero-order valence-corrected chi connectivity index (χ0v) is 10.3. The zero-order valence-electron chi connectivity index (χ0n) is 10.3. The third-order valence-corrected chi connectivity index (χ3v) is 2.87. The Bertz CT molecular complexity index is 383. The molecule has 0 radical (unpaired) electrons. The summed E-state index contributed by atoms with van der Waals surface area (Å²) < 4.78 is 11.2. The van der Waals surface area contributed by atoms with Crippen LogP contribution in [0, 0.1) is 6.92 Å². The Kier molecular flexibility index (Phi) is 3.79. The van der Waals surface area contributed by atoms with E-state index in [9.17, 15) is 4.79 Å². The molecule has 0 spiro atoms. The van der Waals surface area contributed by atoms with Gasteiger partial charge in [-0.15, -0.1) is 0 Å². The number of Topliss-reactive ketones (excluding diaryl/α,β-unsaturated/α-hetero) is 1. The SMILES string of the molecule is CCCOC1C(=O)CC1Oc1ccc(C)cc1. The molecule has 1 aromatic rings. The molecule has 0 heterocycles. The van der Waals surface area contributed by atoms with Crippen LogP contribution in [0.1, 0.15) is 25.3 Å². The lowest BCUT2D eigenvalue weighted by Gasteiger charge is -2.34. The summed E-state index contributed by atoms with van der Waals surface area (Å²) in [5.74, 6) is 0.953. The zero-order chi connectivity index (χ0) is 12.3. The van der Waals surface area contributed by atoms with Crippen LogP contribution in [0.4, 0.5) is 0 Å². The number of ether oxygens (including phenoxy) is 2. The molecule has 1 fully saturated rings. The molecule has 2 atom stereocenters. The van der Waals surface area contributed by atoms with Crippen molar-refractivity contribution in [1.29, 1.82) is 0 Å². The van der Waals surface area contributed by atoms with Crippen molar-refractivity contribution in [3.05, 3.63) is 29.8 Å². The number of benzene rings is 1. The Morgan fingerprint density at radius 1 is 1.29 bits per heavy atom. The molecule has 1 saturated carbocycles. The monoisotopic (exact) mass is 234 g/mol. The van der Waals surface area contributed by atoms with Gasteiger partial charge in [0.15, 0.2) is 11.9 Å². The molecule has 1 aromatic carbocycles. The molecule has 2 unspecified atom stereocenters. The Labute approximate surface area is 102 Å². The highest BCUT2D eigenvalue weighted by atomic mass is 16.5. The minimum atomic E-state index is -0.365. The van der Waals surface area contributed by atoms with E-state index in [0.717, 1.165) is 12.2 Å². The fourth-order valence-electron chi connectivity index (χ4n) is 1.81. The van der Waals surface area contributed by atoms with Crippen molar-refractivity contribution in [2.24, 2.45) is 0 Å². The highest BCUT2D eigenvalue weighted by Crippen LogP contribution is 2.25. The van der Waals surface area contributed by atoms with Crippen LogP contribution >= 0.6 is 0 Å². The Morgan fingerprint density at radius 3 is 2.59 bits per heavy atom. The first-order valence-corrected chi connectivity index (χ1v) is 6.08. The van der Waals surface area contributed by atoms with Crippen LogP contribution in [0.2, 0.25) is 0 Å². The standard InChI is InChI=1S/C14H18O3/c1-3-8-16-14-12(15)9-13(14)17-11-6-4-10(2)5-7-11/h4-7,13-14H,3,8-9H2,1-2H3. The number of ketones is 1. The van der Waals surface area contributed by atoms with Crippen molar-refractivity contribution in [3.8, 4) is 5.75 Å². The summed E-state index contributed by atoms with van der Waals surface area (Å²) in [5.41, 5.74) is 1.20. The van der Waals surface area contributed by atoms with Crippen LogP contribution < -0.4 is 4.74 Å². The molecule has 1 aliphatic carbocycles. The van der Waals surface area contributed by atoms with Crippen molar-refractivity contribution in [2.75, 3.05) is 6.61 Å². The van der Waals surface area contributed by atoms with Gasteiger partial charge in [0, 0.05) is 13.0 Å². The minimum Gasteiger partial charge on any atom is -0.487 e. The molecule has 3 nitrogen and oxygen atoms in total. The molecular formula is C14H18O3. The number of hydrogen-bond donors (Lipinski definition) is 0. The number of carbonyl (C=O) groups is 1. The predicted molar refractivity (Wildman–Crippen MR) is 65.3 cm³/mol. The first-order valence-electron chi connectivity index (χ1n) is 6.08. The van der Waals surface area contributed by atoms with Gasteiger partial charge in [-0.3, -0.25) is 4.79 Å². The van der Waals surface area contributed by atoms with E-state index < -0.39 is 0 Å². The van der Waals surface area contributed by atoms with E-state index in [4.69, 9.17) is 9.47 Å². The molecule has 92 valence electrons. The molecular weight excluding hydrogens is 216 g/mol.